The molecular weight excluding hydrogens is 324 g/mol. The molecule has 0 aliphatic heterocycles. The van der Waals surface area contributed by atoms with Crippen molar-refractivity contribution in [2.24, 2.45) is 0 Å². The van der Waals surface area contributed by atoms with Crippen molar-refractivity contribution in [3.05, 3.63) is 68.7 Å². The fraction of sp³-hybridized carbons (Fsp3) is 0.250. The van der Waals surface area contributed by atoms with Gasteiger partial charge < -0.3 is 5.32 Å². The highest BCUT2D eigenvalue weighted by Crippen LogP contribution is 2.30. The predicted molar refractivity (Wildman–Crippen MR) is 80.9 cm³/mol. The van der Waals surface area contributed by atoms with Crippen LogP contribution in [0.25, 0.3) is 0 Å². The molecule has 0 saturated heterocycles. The van der Waals surface area contributed by atoms with E-state index in [1.165, 1.54) is 12.1 Å². The molecule has 0 heterocycles. The molecule has 2 rings (SSSR count). The van der Waals surface area contributed by atoms with E-state index in [2.05, 4.69) is 21.2 Å². The second kappa shape index (κ2) is 6.02. The summed E-state index contributed by atoms with van der Waals surface area (Å²) < 4.78 is 28.0. The molecule has 2 aromatic rings. The Kier molecular flexibility index (Phi) is 4.55. The first kappa shape index (κ1) is 15.1. The van der Waals surface area contributed by atoms with E-state index in [4.69, 9.17) is 0 Å². The van der Waals surface area contributed by atoms with Gasteiger partial charge >= 0.3 is 0 Å². The van der Waals surface area contributed by atoms with Gasteiger partial charge in [0.2, 0.25) is 0 Å². The molecular formula is C16H16BrF2N. The van der Waals surface area contributed by atoms with E-state index >= 15 is 0 Å². The van der Waals surface area contributed by atoms with Crippen LogP contribution in [0.5, 0.6) is 0 Å². The van der Waals surface area contributed by atoms with E-state index in [9.17, 15) is 8.78 Å². The Morgan fingerprint density at radius 3 is 2.30 bits per heavy atom. The van der Waals surface area contributed by atoms with E-state index in [0.29, 0.717) is 10.0 Å². The summed E-state index contributed by atoms with van der Waals surface area (Å²) in [6.45, 7) is 3.75. The molecule has 1 N–H and O–H groups in total. The fourth-order valence-electron chi connectivity index (χ4n) is 2.46. The third-order valence-electron chi connectivity index (χ3n) is 3.34. The third-order valence-corrected chi connectivity index (χ3v) is 3.94. The van der Waals surface area contributed by atoms with Gasteiger partial charge in [-0.2, -0.15) is 0 Å². The molecule has 106 valence electrons. The van der Waals surface area contributed by atoms with Crippen LogP contribution in [0.4, 0.5) is 8.78 Å². The molecule has 4 heteroatoms. The van der Waals surface area contributed by atoms with Crippen LogP contribution in [-0.2, 0) is 0 Å². The van der Waals surface area contributed by atoms with Crippen molar-refractivity contribution in [1.29, 1.82) is 0 Å². The summed E-state index contributed by atoms with van der Waals surface area (Å²) in [6, 6.07) is 7.87. The SMILES string of the molecule is CNC(c1ccc(F)c(Br)c1)c1c(C)cc(C)cc1F. The molecule has 0 bridgehead atoms. The maximum Gasteiger partial charge on any atom is 0.137 e. The van der Waals surface area contributed by atoms with Gasteiger partial charge in [0.05, 0.1) is 10.5 Å². The predicted octanol–water partition coefficient (Wildman–Crippen LogP) is 4.65. The molecule has 0 spiro atoms. The van der Waals surface area contributed by atoms with Gasteiger partial charge in [-0.05, 0) is 71.7 Å². The van der Waals surface area contributed by atoms with Crippen molar-refractivity contribution in [3.8, 4) is 0 Å². The van der Waals surface area contributed by atoms with Crippen LogP contribution in [-0.4, -0.2) is 7.05 Å². The number of hydrogen-bond acceptors (Lipinski definition) is 1. The molecule has 1 unspecified atom stereocenters. The lowest BCUT2D eigenvalue weighted by Crippen LogP contribution is -2.20. The molecule has 2 aromatic carbocycles. The lowest BCUT2D eigenvalue weighted by Gasteiger charge is -2.21. The Morgan fingerprint density at radius 2 is 1.75 bits per heavy atom. The summed E-state index contributed by atoms with van der Waals surface area (Å²) in [5, 5.41) is 3.10. The Labute approximate surface area is 126 Å². The average Bonchev–Trinajstić information content (AvgIpc) is 2.37. The first-order valence-corrected chi connectivity index (χ1v) is 7.12. The summed E-state index contributed by atoms with van der Waals surface area (Å²) in [4.78, 5) is 0. The van der Waals surface area contributed by atoms with Gasteiger partial charge in [0.25, 0.3) is 0 Å². The van der Waals surface area contributed by atoms with E-state index in [1.54, 1.807) is 19.2 Å². The van der Waals surface area contributed by atoms with Crippen LogP contribution in [0.2, 0.25) is 0 Å². The Morgan fingerprint density at radius 1 is 1.05 bits per heavy atom. The van der Waals surface area contributed by atoms with Crippen molar-refractivity contribution in [2.45, 2.75) is 19.9 Å². The van der Waals surface area contributed by atoms with E-state index in [-0.39, 0.29) is 17.7 Å². The lowest BCUT2D eigenvalue weighted by atomic mass is 9.93. The van der Waals surface area contributed by atoms with E-state index in [0.717, 1.165) is 16.7 Å². The van der Waals surface area contributed by atoms with E-state index in [1.807, 2.05) is 19.9 Å². The van der Waals surface area contributed by atoms with Gasteiger partial charge in [-0.25, -0.2) is 8.78 Å². The minimum Gasteiger partial charge on any atom is -0.309 e. The molecule has 0 fully saturated rings. The summed E-state index contributed by atoms with van der Waals surface area (Å²) >= 11 is 3.17. The molecule has 1 nitrogen and oxygen atoms in total. The van der Waals surface area contributed by atoms with Crippen molar-refractivity contribution in [2.75, 3.05) is 7.05 Å². The first-order valence-electron chi connectivity index (χ1n) is 6.33. The number of nitrogens with one attached hydrogen (secondary N) is 1. The van der Waals surface area contributed by atoms with Crippen molar-refractivity contribution >= 4 is 15.9 Å². The number of benzene rings is 2. The van der Waals surface area contributed by atoms with Gasteiger partial charge in [0, 0.05) is 5.56 Å². The van der Waals surface area contributed by atoms with Crippen molar-refractivity contribution < 1.29 is 8.78 Å². The quantitative estimate of drug-likeness (QED) is 0.857. The molecule has 20 heavy (non-hydrogen) atoms. The molecule has 0 aliphatic carbocycles. The highest BCUT2D eigenvalue weighted by atomic mass is 79.9. The normalized spacial score (nSPS) is 12.5. The largest absolute Gasteiger partial charge is 0.309 e. The first-order chi connectivity index (χ1) is 9.43. The van der Waals surface area contributed by atoms with Gasteiger partial charge in [0.1, 0.15) is 11.6 Å². The van der Waals surface area contributed by atoms with Gasteiger partial charge in [-0.3, -0.25) is 0 Å². The zero-order valence-corrected chi connectivity index (χ0v) is 13.2. The van der Waals surface area contributed by atoms with Crippen LogP contribution in [0.3, 0.4) is 0 Å². The molecule has 0 amide bonds. The Hall–Kier alpha value is -1.26. The van der Waals surface area contributed by atoms with Gasteiger partial charge in [-0.1, -0.05) is 12.1 Å². The Balaban J connectivity index is 2.55. The van der Waals surface area contributed by atoms with E-state index < -0.39 is 0 Å². The highest BCUT2D eigenvalue weighted by Gasteiger charge is 2.19. The smallest absolute Gasteiger partial charge is 0.137 e. The van der Waals surface area contributed by atoms with Crippen LogP contribution in [0.1, 0.15) is 28.3 Å². The lowest BCUT2D eigenvalue weighted by molar-refractivity contribution is 0.570. The number of aryl methyl sites for hydroxylation is 2. The Bertz CT molecular complexity index is 617. The molecule has 0 saturated carbocycles. The topological polar surface area (TPSA) is 12.0 Å². The van der Waals surface area contributed by atoms with Crippen molar-refractivity contribution in [3.63, 3.8) is 0 Å². The van der Waals surface area contributed by atoms with Gasteiger partial charge in [-0.15, -0.1) is 0 Å². The minimum atomic E-state index is -0.329. The van der Waals surface area contributed by atoms with Gasteiger partial charge in [0.15, 0.2) is 0 Å². The summed E-state index contributed by atoms with van der Waals surface area (Å²) in [5.74, 6) is -0.577. The van der Waals surface area contributed by atoms with Crippen LogP contribution in [0.15, 0.2) is 34.8 Å². The molecule has 0 aliphatic rings. The van der Waals surface area contributed by atoms with Crippen LogP contribution >= 0.6 is 15.9 Å². The molecule has 0 radical (unpaired) electrons. The maximum absolute atomic E-state index is 14.3. The third kappa shape index (κ3) is 2.91. The monoisotopic (exact) mass is 339 g/mol. The molecule has 1 atom stereocenters. The second-order valence-electron chi connectivity index (χ2n) is 4.87. The minimum absolute atomic E-state index is 0.248. The zero-order chi connectivity index (χ0) is 14.9. The summed E-state index contributed by atoms with van der Waals surface area (Å²) in [7, 11) is 1.76. The second-order valence-corrected chi connectivity index (χ2v) is 5.73. The van der Waals surface area contributed by atoms with Crippen LogP contribution in [0, 0.1) is 25.5 Å². The molecule has 0 aromatic heterocycles. The maximum atomic E-state index is 14.3. The number of halogens is 3. The van der Waals surface area contributed by atoms with Crippen LogP contribution < -0.4 is 5.32 Å². The fourth-order valence-corrected chi connectivity index (χ4v) is 2.86. The number of rotatable bonds is 3. The zero-order valence-electron chi connectivity index (χ0n) is 11.6. The number of hydrogen-bond donors (Lipinski definition) is 1. The summed E-state index contributed by atoms with van der Waals surface area (Å²) in [6.07, 6.45) is 0. The van der Waals surface area contributed by atoms with Crippen molar-refractivity contribution in [1.82, 2.24) is 5.32 Å². The average molecular weight is 340 g/mol. The summed E-state index contributed by atoms with van der Waals surface area (Å²) in [5.41, 5.74) is 3.17. The standard InChI is InChI=1S/C16H16BrF2N/c1-9-6-10(2)15(14(19)7-9)16(20-3)11-4-5-13(18)12(17)8-11/h4-8,16,20H,1-3H3. The highest BCUT2D eigenvalue weighted by molar-refractivity contribution is 9.10.